The number of carbonyl (C=O) groups excluding carboxylic acids is 1. The predicted octanol–water partition coefficient (Wildman–Crippen LogP) is 3.95. The second-order valence-electron chi connectivity index (χ2n) is 6.03. The summed E-state index contributed by atoms with van der Waals surface area (Å²) in [5, 5.41) is 3.66. The van der Waals surface area contributed by atoms with Gasteiger partial charge in [0.1, 0.15) is 0 Å². The number of anilines is 2. The Labute approximate surface area is 121 Å². The van der Waals surface area contributed by atoms with Crippen molar-refractivity contribution in [2.75, 3.05) is 16.8 Å². The highest BCUT2D eigenvalue weighted by molar-refractivity contribution is 5.95. The van der Waals surface area contributed by atoms with Crippen LogP contribution in [-0.4, -0.2) is 18.5 Å². The molecular weight excluding hydrogens is 248 g/mol. The summed E-state index contributed by atoms with van der Waals surface area (Å²) in [7, 11) is 0. The molecule has 0 radical (unpaired) electrons. The number of hydrogen-bond donors (Lipinski definition) is 1. The second-order valence-corrected chi connectivity index (χ2v) is 6.03. The molecule has 0 bridgehead atoms. The van der Waals surface area contributed by atoms with Gasteiger partial charge in [0.2, 0.25) is 5.91 Å². The Morgan fingerprint density at radius 3 is 2.55 bits per heavy atom. The largest absolute Gasteiger partial charge is 0.382 e. The van der Waals surface area contributed by atoms with Gasteiger partial charge in [0, 0.05) is 30.4 Å². The number of amides is 1. The molecule has 20 heavy (non-hydrogen) atoms. The number of hydrogen-bond acceptors (Lipinski definition) is 2. The van der Waals surface area contributed by atoms with Crippen LogP contribution in [0.5, 0.6) is 0 Å². The van der Waals surface area contributed by atoms with Crippen LogP contribution in [0.3, 0.4) is 0 Å². The summed E-state index contributed by atoms with van der Waals surface area (Å²) >= 11 is 0. The normalized spacial score (nSPS) is 21.0. The maximum Gasteiger partial charge on any atom is 0.227 e. The van der Waals surface area contributed by atoms with Gasteiger partial charge in [-0.05, 0) is 37.5 Å². The maximum absolute atomic E-state index is 11.8. The molecular formula is C17H24N2O. The number of nitrogens with zero attached hydrogens (tertiary/aromatic N) is 1. The number of carbonyl (C=O) groups is 1. The van der Waals surface area contributed by atoms with E-state index in [9.17, 15) is 4.79 Å². The average molecular weight is 272 g/mol. The van der Waals surface area contributed by atoms with Crippen LogP contribution in [0.4, 0.5) is 11.4 Å². The van der Waals surface area contributed by atoms with Crippen LogP contribution in [0.15, 0.2) is 24.3 Å². The van der Waals surface area contributed by atoms with Gasteiger partial charge >= 0.3 is 0 Å². The molecule has 1 aromatic carbocycles. The lowest BCUT2D eigenvalue weighted by molar-refractivity contribution is -0.117. The molecule has 2 fully saturated rings. The highest BCUT2D eigenvalue weighted by Gasteiger charge is 2.22. The molecule has 1 saturated heterocycles. The van der Waals surface area contributed by atoms with E-state index in [2.05, 4.69) is 23.5 Å². The minimum atomic E-state index is 0.261. The zero-order chi connectivity index (χ0) is 13.8. The minimum Gasteiger partial charge on any atom is -0.382 e. The van der Waals surface area contributed by atoms with E-state index in [0.717, 1.165) is 24.3 Å². The van der Waals surface area contributed by atoms with Crippen LogP contribution >= 0.6 is 0 Å². The molecule has 3 rings (SSSR count). The monoisotopic (exact) mass is 272 g/mol. The smallest absolute Gasteiger partial charge is 0.227 e. The van der Waals surface area contributed by atoms with Crippen LogP contribution in [0, 0.1) is 0 Å². The first kappa shape index (κ1) is 13.5. The van der Waals surface area contributed by atoms with Gasteiger partial charge in [-0.1, -0.05) is 31.7 Å². The Hall–Kier alpha value is -1.51. The minimum absolute atomic E-state index is 0.261. The summed E-state index contributed by atoms with van der Waals surface area (Å²) in [6.07, 6.45) is 9.64. The predicted molar refractivity (Wildman–Crippen MR) is 83.1 cm³/mol. The van der Waals surface area contributed by atoms with E-state index in [1.807, 2.05) is 11.0 Å². The van der Waals surface area contributed by atoms with Crippen molar-refractivity contribution in [3.63, 3.8) is 0 Å². The molecule has 1 heterocycles. The first-order valence-electron chi connectivity index (χ1n) is 8.00. The summed E-state index contributed by atoms with van der Waals surface area (Å²) in [6, 6.07) is 8.95. The van der Waals surface area contributed by atoms with E-state index < -0.39 is 0 Å². The van der Waals surface area contributed by atoms with Gasteiger partial charge in [-0.15, -0.1) is 0 Å². The molecule has 0 atom stereocenters. The Kier molecular flexibility index (Phi) is 4.24. The van der Waals surface area contributed by atoms with Gasteiger partial charge in [0.05, 0.1) is 0 Å². The Balaban J connectivity index is 1.69. The van der Waals surface area contributed by atoms with Gasteiger partial charge in [0.15, 0.2) is 0 Å². The van der Waals surface area contributed by atoms with Crippen molar-refractivity contribution in [3.8, 4) is 0 Å². The fraction of sp³-hybridized carbons (Fsp3) is 0.588. The van der Waals surface area contributed by atoms with Crippen LogP contribution in [-0.2, 0) is 4.79 Å². The number of rotatable bonds is 3. The number of benzene rings is 1. The fourth-order valence-electron chi connectivity index (χ4n) is 3.34. The van der Waals surface area contributed by atoms with Crippen LogP contribution in [0.1, 0.15) is 51.4 Å². The van der Waals surface area contributed by atoms with Crippen LogP contribution < -0.4 is 10.2 Å². The van der Waals surface area contributed by atoms with Crippen molar-refractivity contribution < 1.29 is 4.79 Å². The van der Waals surface area contributed by atoms with Crippen molar-refractivity contribution in [1.82, 2.24) is 0 Å². The molecule has 0 unspecified atom stereocenters. The Morgan fingerprint density at radius 1 is 1.05 bits per heavy atom. The Morgan fingerprint density at radius 2 is 1.85 bits per heavy atom. The van der Waals surface area contributed by atoms with Crippen molar-refractivity contribution in [2.45, 2.75) is 57.4 Å². The van der Waals surface area contributed by atoms with E-state index in [1.165, 1.54) is 38.5 Å². The first-order valence-corrected chi connectivity index (χ1v) is 8.00. The molecule has 1 aromatic rings. The van der Waals surface area contributed by atoms with Crippen LogP contribution in [0.2, 0.25) is 0 Å². The molecule has 3 nitrogen and oxygen atoms in total. The highest BCUT2D eigenvalue weighted by atomic mass is 16.2. The topological polar surface area (TPSA) is 32.3 Å². The van der Waals surface area contributed by atoms with Gasteiger partial charge in [-0.25, -0.2) is 0 Å². The highest BCUT2D eigenvalue weighted by Crippen LogP contribution is 2.26. The van der Waals surface area contributed by atoms with Crippen molar-refractivity contribution >= 4 is 17.3 Å². The molecule has 1 N–H and O–H groups in total. The molecule has 3 heteroatoms. The third kappa shape index (κ3) is 3.14. The van der Waals surface area contributed by atoms with Gasteiger partial charge in [-0.3, -0.25) is 4.79 Å². The molecule has 108 valence electrons. The van der Waals surface area contributed by atoms with Gasteiger partial charge in [0.25, 0.3) is 0 Å². The summed E-state index contributed by atoms with van der Waals surface area (Å²) in [6.45, 7) is 0.867. The maximum atomic E-state index is 11.8. The van der Waals surface area contributed by atoms with Gasteiger partial charge < -0.3 is 10.2 Å². The van der Waals surface area contributed by atoms with Crippen molar-refractivity contribution in [2.24, 2.45) is 0 Å². The molecule has 1 amide bonds. The molecule has 1 aliphatic carbocycles. The third-order valence-corrected chi connectivity index (χ3v) is 4.46. The lowest BCUT2D eigenvalue weighted by Gasteiger charge is -2.20. The van der Waals surface area contributed by atoms with Crippen molar-refractivity contribution in [3.05, 3.63) is 24.3 Å². The zero-order valence-corrected chi connectivity index (χ0v) is 12.1. The van der Waals surface area contributed by atoms with Crippen molar-refractivity contribution in [1.29, 1.82) is 0 Å². The quantitative estimate of drug-likeness (QED) is 0.845. The SMILES string of the molecule is O=C1CCCN1c1cccc(NC2CCCCCC2)c1. The van der Waals surface area contributed by atoms with Crippen LogP contribution in [0.25, 0.3) is 0 Å². The molecule has 0 spiro atoms. The molecule has 0 aromatic heterocycles. The van der Waals surface area contributed by atoms with E-state index >= 15 is 0 Å². The molecule has 1 aliphatic heterocycles. The number of nitrogens with one attached hydrogen (secondary N) is 1. The summed E-state index contributed by atoms with van der Waals surface area (Å²) in [5.74, 6) is 0.261. The van der Waals surface area contributed by atoms with Gasteiger partial charge in [-0.2, -0.15) is 0 Å². The summed E-state index contributed by atoms with van der Waals surface area (Å²) in [5.41, 5.74) is 2.21. The molecule has 2 aliphatic rings. The zero-order valence-electron chi connectivity index (χ0n) is 12.1. The average Bonchev–Trinajstić information content (AvgIpc) is 2.72. The Bertz CT molecular complexity index is 464. The summed E-state index contributed by atoms with van der Waals surface area (Å²) in [4.78, 5) is 13.7. The first-order chi connectivity index (χ1) is 9.83. The molecule has 1 saturated carbocycles. The van der Waals surface area contributed by atoms with E-state index in [0.29, 0.717) is 12.5 Å². The lowest BCUT2D eigenvalue weighted by Crippen LogP contribution is -2.24. The van der Waals surface area contributed by atoms with E-state index in [4.69, 9.17) is 0 Å². The third-order valence-electron chi connectivity index (χ3n) is 4.46. The van der Waals surface area contributed by atoms with E-state index in [-0.39, 0.29) is 5.91 Å². The lowest BCUT2D eigenvalue weighted by atomic mass is 10.1. The standard InChI is InChI=1S/C17H24N2O/c20-17-11-6-12-19(17)16-10-5-9-15(13-16)18-14-7-3-1-2-4-8-14/h5,9-10,13-14,18H,1-4,6-8,11-12H2. The fourth-order valence-corrected chi connectivity index (χ4v) is 3.34. The summed E-state index contributed by atoms with van der Waals surface area (Å²) < 4.78 is 0. The van der Waals surface area contributed by atoms with E-state index in [1.54, 1.807) is 0 Å². The second kappa shape index (κ2) is 6.29.